The van der Waals surface area contributed by atoms with Gasteiger partial charge in [0.25, 0.3) is 5.91 Å². The van der Waals surface area contributed by atoms with E-state index in [0.717, 1.165) is 24.1 Å². The van der Waals surface area contributed by atoms with Crippen LogP contribution in [0, 0.1) is 0 Å². The molecule has 0 bridgehead atoms. The summed E-state index contributed by atoms with van der Waals surface area (Å²) in [7, 11) is 0. The number of aromatic amines is 1. The zero-order chi connectivity index (χ0) is 14.5. The van der Waals surface area contributed by atoms with Gasteiger partial charge >= 0.3 is 0 Å². The molecule has 2 aromatic rings. The highest BCUT2D eigenvalue weighted by Crippen LogP contribution is 2.22. The number of nitrogens with one attached hydrogen (secondary N) is 2. The van der Waals surface area contributed by atoms with Gasteiger partial charge in [-0.2, -0.15) is 5.10 Å². The van der Waals surface area contributed by atoms with E-state index in [1.807, 2.05) is 30.3 Å². The Balaban J connectivity index is 1.75. The molecule has 0 radical (unpaired) electrons. The van der Waals surface area contributed by atoms with Gasteiger partial charge in [0, 0.05) is 11.6 Å². The Morgan fingerprint density at radius 3 is 2.52 bits per heavy atom. The van der Waals surface area contributed by atoms with Gasteiger partial charge in [-0.1, -0.05) is 56.0 Å². The number of nitrogens with zero attached hydrogens (tertiary/aromatic N) is 1. The van der Waals surface area contributed by atoms with E-state index >= 15 is 0 Å². The molecule has 1 aromatic carbocycles. The van der Waals surface area contributed by atoms with Gasteiger partial charge in [0.15, 0.2) is 0 Å². The van der Waals surface area contributed by atoms with Crippen molar-refractivity contribution in [1.29, 1.82) is 0 Å². The van der Waals surface area contributed by atoms with Crippen LogP contribution in [0.15, 0.2) is 36.5 Å². The number of hydrogen-bond donors (Lipinski definition) is 2. The van der Waals surface area contributed by atoms with Crippen molar-refractivity contribution in [3.05, 3.63) is 42.1 Å². The Morgan fingerprint density at radius 2 is 1.81 bits per heavy atom. The van der Waals surface area contributed by atoms with Crippen molar-refractivity contribution in [2.24, 2.45) is 0 Å². The van der Waals surface area contributed by atoms with E-state index in [4.69, 9.17) is 0 Å². The van der Waals surface area contributed by atoms with Crippen molar-refractivity contribution < 1.29 is 4.79 Å². The number of aromatic nitrogens is 2. The predicted octanol–water partition coefficient (Wildman–Crippen LogP) is 3.53. The molecular weight excluding hydrogens is 262 g/mol. The summed E-state index contributed by atoms with van der Waals surface area (Å²) in [5, 5.41) is 10.2. The molecule has 21 heavy (non-hydrogen) atoms. The summed E-state index contributed by atoms with van der Waals surface area (Å²) >= 11 is 0. The Kier molecular flexibility index (Phi) is 4.34. The third-order valence-corrected chi connectivity index (χ3v) is 4.14. The van der Waals surface area contributed by atoms with Gasteiger partial charge in [0.1, 0.15) is 0 Å². The SMILES string of the molecule is O=C(NC1CCCCCC1)c1cn[nH]c1-c1ccccc1. The third kappa shape index (κ3) is 3.32. The molecule has 1 saturated carbocycles. The fourth-order valence-corrected chi connectivity index (χ4v) is 2.97. The lowest BCUT2D eigenvalue weighted by molar-refractivity contribution is 0.0934. The van der Waals surface area contributed by atoms with Crippen LogP contribution < -0.4 is 5.32 Å². The van der Waals surface area contributed by atoms with Crippen molar-refractivity contribution in [2.75, 3.05) is 0 Å². The smallest absolute Gasteiger partial charge is 0.255 e. The molecule has 2 N–H and O–H groups in total. The molecule has 1 aliphatic rings. The number of amides is 1. The second kappa shape index (κ2) is 6.57. The van der Waals surface area contributed by atoms with E-state index in [2.05, 4.69) is 15.5 Å². The molecule has 1 heterocycles. The maximum Gasteiger partial charge on any atom is 0.255 e. The molecular formula is C17H21N3O. The van der Waals surface area contributed by atoms with Gasteiger partial charge in [0.05, 0.1) is 17.5 Å². The fourth-order valence-electron chi connectivity index (χ4n) is 2.97. The topological polar surface area (TPSA) is 57.8 Å². The predicted molar refractivity (Wildman–Crippen MR) is 83.0 cm³/mol. The first-order chi connectivity index (χ1) is 10.3. The first-order valence-electron chi connectivity index (χ1n) is 7.74. The summed E-state index contributed by atoms with van der Waals surface area (Å²) in [6.07, 6.45) is 8.79. The van der Waals surface area contributed by atoms with E-state index in [0.29, 0.717) is 11.6 Å². The fraction of sp³-hybridized carbons (Fsp3) is 0.412. The van der Waals surface area contributed by atoms with Crippen LogP contribution in [-0.2, 0) is 0 Å². The molecule has 110 valence electrons. The largest absolute Gasteiger partial charge is 0.349 e. The summed E-state index contributed by atoms with van der Waals surface area (Å²) in [5.74, 6) is -0.0190. The van der Waals surface area contributed by atoms with Crippen molar-refractivity contribution in [3.8, 4) is 11.3 Å². The molecule has 1 aromatic heterocycles. The van der Waals surface area contributed by atoms with Gasteiger partial charge in [0.2, 0.25) is 0 Å². The summed E-state index contributed by atoms with van der Waals surface area (Å²) in [6.45, 7) is 0. The van der Waals surface area contributed by atoms with Crippen molar-refractivity contribution in [2.45, 2.75) is 44.6 Å². The molecule has 0 unspecified atom stereocenters. The molecule has 4 nitrogen and oxygen atoms in total. The quantitative estimate of drug-likeness (QED) is 0.847. The van der Waals surface area contributed by atoms with Crippen LogP contribution in [0.4, 0.5) is 0 Å². The van der Waals surface area contributed by atoms with Crippen LogP contribution in [0.5, 0.6) is 0 Å². The zero-order valence-electron chi connectivity index (χ0n) is 12.1. The number of rotatable bonds is 3. The Labute approximate surface area is 125 Å². The molecule has 1 aliphatic carbocycles. The molecule has 3 rings (SSSR count). The zero-order valence-corrected chi connectivity index (χ0v) is 12.1. The van der Waals surface area contributed by atoms with Crippen LogP contribution in [0.25, 0.3) is 11.3 Å². The van der Waals surface area contributed by atoms with Gasteiger partial charge in [-0.3, -0.25) is 9.89 Å². The standard InChI is InChI=1S/C17H21N3O/c21-17(19-14-10-6-1-2-7-11-14)15-12-18-20-16(15)13-8-4-3-5-9-13/h3-5,8-9,12,14H,1-2,6-7,10-11H2,(H,18,20)(H,19,21). The maximum atomic E-state index is 12.5. The molecule has 1 amide bonds. The van der Waals surface area contributed by atoms with Gasteiger partial charge in [-0.15, -0.1) is 0 Å². The Morgan fingerprint density at radius 1 is 1.10 bits per heavy atom. The number of H-pyrrole nitrogens is 1. The lowest BCUT2D eigenvalue weighted by atomic mass is 10.1. The Bertz CT molecular complexity index is 583. The normalized spacial score (nSPS) is 16.4. The van der Waals surface area contributed by atoms with Gasteiger partial charge in [-0.25, -0.2) is 0 Å². The second-order valence-corrected chi connectivity index (χ2v) is 5.69. The van der Waals surface area contributed by atoms with E-state index in [9.17, 15) is 4.79 Å². The molecule has 0 aliphatic heterocycles. The summed E-state index contributed by atoms with van der Waals surface area (Å²) in [6, 6.07) is 10.2. The molecule has 0 atom stereocenters. The molecule has 4 heteroatoms. The van der Waals surface area contributed by atoms with Crippen LogP contribution in [0.1, 0.15) is 48.9 Å². The highest BCUT2D eigenvalue weighted by molar-refractivity contribution is 5.99. The number of carbonyl (C=O) groups is 1. The minimum Gasteiger partial charge on any atom is -0.349 e. The summed E-state index contributed by atoms with van der Waals surface area (Å²) in [5.41, 5.74) is 2.41. The highest BCUT2D eigenvalue weighted by Gasteiger charge is 2.19. The van der Waals surface area contributed by atoms with E-state index in [-0.39, 0.29) is 5.91 Å². The Hall–Kier alpha value is -2.10. The lowest BCUT2D eigenvalue weighted by Crippen LogP contribution is -2.34. The number of hydrogen-bond acceptors (Lipinski definition) is 2. The van der Waals surface area contributed by atoms with E-state index in [1.165, 1.54) is 25.7 Å². The van der Waals surface area contributed by atoms with E-state index in [1.54, 1.807) is 6.20 Å². The number of carbonyl (C=O) groups excluding carboxylic acids is 1. The molecule has 0 saturated heterocycles. The minimum atomic E-state index is -0.0190. The van der Waals surface area contributed by atoms with Crippen molar-refractivity contribution >= 4 is 5.91 Å². The first-order valence-corrected chi connectivity index (χ1v) is 7.74. The first kappa shape index (κ1) is 13.9. The highest BCUT2D eigenvalue weighted by atomic mass is 16.1. The number of benzene rings is 1. The van der Waals surface area contributed by atoms with Crippen molar-refractivity contribution in [3.63, 3.8) is 0 Å². The summed E-state index contributed by atoms with van der Waals surface area (Å²) < 4.78 is 0. The van der Waals surface area contributed by atoms with Gasteiger partial charge < -0.3 is 5.32 Å². The third-order valence-electron chi connectivity index (χ3n) is 4.14. The average Bonchev–Trinajstić information content (AvgIpc) is 2.87. The van der Waals surface area contributed by atoms with Crippen LogP contribution in [0.2, 0.25) is 0 Å². The monoisotopic (exact) mass is 283 g/mol. The van der Waals surface area contributed by atoms with Crippen molar-refractivity contribution in [1.82, 2.24) is 15.5 Å². The minimum absolute atomic E-state index is 0.0190. The maximum absolute atomic E-state index is 12.5. The molecule has 1 fully saturated rings. The summed E-state index contributed by atoms with van der Waals surface area (Å²) in [4.78, 5) is 12.5. The van der Waals surface area contributed by atoms with Crippen LogP contribution in [-0.4, -0.2) is 22.1 Å². The molecule has 0 spiro atoms. The van der Waals surface area contributed by atoms with Gasteiger partial charge in [-0.05, 0) is 12.8 Å². The lowest BCUT2D eigenvalue weighted by Gasteiger charge is -2.16. The van der Waals surface area contributed by atoms with Crippen LogP contribution >= 0.6 is 0 Å². The average molecular weight is 283 g/mol. The van der Waals surface area contributed by atoms with E-state index < -0.39 is 0 Å². The second-order valence-electron chi connectivity index (χ2n) is 5.69. The van der Waals surface area contributed by atoms with Crippen LogP contribution in [0.3, 0.4) is 0 Å².